The second kappa shape index (κ2) is 23.2. The molecule has 0 bridgehead atoms. The van der Waals surface area contributed by atoms with Gasteiger partial charge in [-0.1, -0.05) is 115 Å². The SMILES string of the molecule is CCCCCCCCCCCCCCCCCCNC(=O)OCC1CCC(CNS(=O)(=O)CCC[n+]2cccc3ccccc32)O1. The Morgan fingerprint density at radius 3 is 2.07 bits per heavy atom. The van der Waals surface area contributed by atoms with Crippen LogP contribution in [0.25, 0.3) is 10.9 Å². The number of nitrogens with zero attached hydrogens (tertiary/aromatic N) is 1. The first kappa shape index (κ1) is 38.2. The number of sulfonamides is 1. The second-order valence-electron chi connectivity index (χ2n) is 13.1. The van der Waals surface area contributed by atoms with Gasteiger partial charge in [-0.25, -0.2) is 17.9 Å². The minimum absolute atomic E-state index is 0.0576. The van der Waals surface area contributed by atoms with Crippen molar-refractivity contribution >= 4 is 27.0 Å². The normalized spacial score (nSPS) is 16.6. The van der Waals surface area contributed by atoms with Crippen LogP contribution in [0.1, 0.15) is 129 Å². The summed E-state index contributed by atoms with van der Waals surface area (Å²) in [5.41, 5.74) is 1.09. The zero-order chi connectivity index (χ0) is 32.7. The molecule has 2 heterocycles. The van der Waals surface area contributed by atoms with E-state index in [0.717, 1.165) is 36.6 Å². The Morgan fingerprint density at radius 2 is 1.39 bits per heavy atom. The van der Waals surface area contributed by atoms with Gasteiger partial charge in [0.2, 0.25) is 15.5 Å². The van der Waals surface area contributed by atoms with Crippen LogP contribution in [0.3, 0.4) is 0 Å². The summed E-state index contributed by atoms with van der Waals surface area (Å²) in [6, 6.07) is 12.1. The predicted molar refractivity (Wildman–Crippen MR) is 187 cm³/mol. The first-order chi connectivity index (χ1) is 22.5. The number of nitrogens with one attached hydrogen (secondary N) is 2. The third-order valence-corrected chi connectivity index (χ3v) is 10.5. The summed E-state index contributed by atoms with van der Waals surface area (Å²) in [6.07, 6.45) is 24.4. The van der Waals surface area contributed by atoms with Crippen molar-refractivity contribution in [2.45, 2.75) is 148 Å². The van der Waals surface area contributed by atoms with Gasteiger partial charge in [0.25, 0.3) is 0 Å². The molecular formula is C37H62N3O5S+. The molecule has 1 aliphatic rings. The maximum Gasteiger partial charge on any atom is 0.407 e. The van der Waals surface area contributed by atoms with E-state index in [1.165, 1.54) is 89.9 Å². The molecule has 8 nitrogen and oxygen atoms in total. The van der Waals surface area contributed by atoms with E-state index < -0.39 is 16.1 Å². The average Bonchev–Trinajstić information content (AvgIpc) is 3.52. The summed E-state index contributed by atoms with van der Waals surface area (Å²) in [7, 11) is -3.41. The molecule has 3 rings (SSSR count). The number of para-hydroxylation sites is 1. The van der Waals surface area contributed by atoms with E-state index in [1.54, 1.807) is 0 Å². The molecule has 0 saturated carbocycles. The van der Waals surface area contributed by atoms with E-state index in [2.05, 4.69) is 33.7 Å². The number of ether oxygens (including phenoxy) is 2. The Bertz CT molecular complexity index is 1200. The molecule has 260 valence electrons. The van der Waals surface area contributed by atoms with E-state index in [-0.39, 0.29) is 31.1 Å². The van der Waals surface area contributed by atoms with Crippen molar-refractivity contribution in [3.05, 3.63) is 42.6 Å². The fraction of sp³-hybridized carbons (Fsp3) is 0.730. The summed E-state index contributed by atoms with van der Waals surface area (Å²) in [5, 5.41) is 3.98. The zero-order valence-corrected chi connectivity index (χ0v) is 29.4. The van der Waals surface area contributed by atoms with Crippen molar-refractivity contribution < 1.29 is 27.3 Å². The number of aromatic nitrogens is 1. The number of rotatable bonds is 26. The van der Waals surface area contributed by atoms with Gasteiger partial charge in [0.1, 0.15) is 13.2 Å². The lowest BCUT2D eigenvalue weighted by Crippen LogP contribution is -2.38. The first-order valence-corrected chi connectivity index (χ1v) is 20.0. The average molecular weight is 661 g/mol. The highest BCUT2D eigenvalue weighted by molar-refractivity contribution is 7.89. The number of hydrogen-bond donors (Lipinski definition) is 2. The van der Waals surface area contributed by atoms with Crippen LogP contribution in [0.5, 0.6) is 0 Å². The van der Waals surface area contributed by atoms with Crippen LogP contribution in [-0.4, -0.2) is 52.2 Å². The van der Waals surface area contributed by atoms with Crippen LogP contribution in [0, 0.1) is 0 Å². The molecule has 9 heteroatoms. The molecular weight excluding hydrogens is 598 g/mol. The van der Waals surface area contributed by atoms with E-state index >= 15 is 0 Å². The monoisotopic (exact) mass is 660 g/mol. The molecule has 1 aromatic heterocycles. The molecule has 2 N–H and O–H groups in total. The molecule has 1 aromatic carbocycles. The molecule has 1 aliphatic heterocycles. The summed E-state index contributed by atoms with van der Waals surface area (Å²) in [6.45, 7) is 3.97. The topological polar surface area (TPSA) is 97.6 Å². The number of carbonyl (C=O) groups is 1. The van der Waals surface area contributed by atoms with E-state index in [0.29, 0.717) is 19.5 Å². The molecule has 0 spiro atoms. The lowest BCUT2D eigenvalue weighted by Gasteiger charge is -2.15. The number of pyridine rings is 1. The molecule has 2 aromatic rings. The van der Waals surface area contributed by atoms with Crippen LogP contribution in [0.15, 0.2) is 42.6 Å². The van der Waals surface area contributed by atoms with Gasteiger partial charge in [-0.15, -0.1) is 0 Å². The Kier molecular flexibility index (Phi) is 19.2. The van der Waals surface area contributed by atoms with Crippen molar-refractivity contribution in [2.24, 2.45) is 0 Å². The molecule has 2 atom stereocenters. The molecule has 1 saturated heterocycles. The Labute approximate surface area is 279 Å². The van der Waals surface area contributed by atoms with Gasteiger partial charge in [-0.2, -0.15) is 4.57 Å². The van der Waals surface area contributed by atoms with Gasteiger partial charge in [-0.3, -0.25) is 0 Å². The van der Waals surface area contributed by atoms with Crippen molar-refractivity contribution in [3.8, 4) is 0 Å². The van der Waals surface area contributed by atoms with Gasteiger partial charge in [0, 0.05) is 37.0 Å². The highest BCUT2D eigenvalue weighted by atomic mass is 32.2. The van der Waals surface area contributed by atoms with Crippen LogP contribution in [0.2, 0.25) is 0 Å². The number of hydrogen-bond acceptors (Lipinski definition) is 5. The maximum atomic E-state index is 12.6. The Morgan fingerprint density at radius 1 is 0.804 bits per heavy atom. The number of amides is 1. The van der Waals surface area contributed by atoms with Gasteiger partial charge in [0.15, 0.2) is 6.20 Å². The summed E-state index contributed by atoms with van der Waals surface area (Å²) in [4.78, 5) is 12.1. The number of unbranched alkanes of at least 4 members (excludes halogenated alkanes) is 15. The fourth-order valence-electron chi connectivity index (χ4n) is 6.27. The highest BCUT2D eigenvalue weighted by Crippen LogP contribution is 2.20. The van der Waals surface area contributed by atoms with E-state index in [4.69, 9.17) is 9.47 Å². The zero-order valence-electron chi connectivity index (χ0n) is 28.6. The minimum atomic E-state index is -3.41. The van der Waals surface area contributed by atoms with Gasteiger partial charge in [0.05, 0.1) is 18.0 Å². The summed E-state index contributed by atoms with van der Waals surface area (Å²) in [5.74, 6) is 0.0576. The van der Waals surface area contributed by atoms with Crippen molar-refractivity contribution in [3.63, 3.8) is 0 Å². The number of aryl methyl sites for hydroxylation is 1. The Hall–Kier alpha value is -2.23. The number of alkyl carbamates (subject to hydrolysis) is 1. The van der Waals surface area contributed by atoms with Gasteiger partial charge >= 0.3 is 6.09 Å². The third-order valence-electron chi connectivity index (χ3n) is 9.03. The van der Waals surface area contributed by atoms with Gasteiger partial charge < -0.3 is 14.8 Å². The quantitative estimate of drug-likeness (QED) is 0.0788. The summed E-state index contributed by atoms with van der Waals surface area (Å²) < 4.78 is 41.2. The van der Waals surface area contributed by atoms with Crippen molar-refractivity contribution in [1.82, 2.24) is 10.0 Å². The predicted octanol–water partition coefficient (Wildman–Crippen LogP) is 7.97. The van der Waals surface area contributed by atoms with Crippen molar-refractivity contribution in [2.75, 3.05) is 25.4 Å². The molecule has 0 radical (unpaired) electrons. The maximum absolute atomic E-state index is 12.6. The minimum Gasteiger partial charge on any atom is -0.447 e. The van der Waals surface area contributed by atoms with Crippen LogP contribution in [-0.2, 0) is 26.0 Å². The molecule has 0 aliphatic carbocycles. The largest absolute Gasteiger partial charge is 0.447 e. The molecule has 1 amide bonds. The van der Waals surface area contributed by atoms with Crippen LogP contribution >= 0.6 is 0 Å². The number of fused-ring (bicyclic) bond motifs is 1. The number of benzene rings is 1. The lowest BCUT2D eigenvalue weighted by molar-refractivity contribution is -0.671. The van der Waals surface area contributed by atoms with Gasteiger partial charge in [-0.05, 0) is 31.4 Å². The molecule has 46 heavy (non-hydrogen) atoms. The third kappa shape index (κ3) is 16.6. The smallest absolute Gasteiger partial charge is 0.407 e. The highest BCUT2D eigenvalue weighted by Gasteiger charge is 2.27. The number of carbonyl (C=O) groups excluding carboxylic acids is 1. The molecule has 2 unspecified atom stereocenters. The van der Waals surface area contributed by atoms with Crippen LogP contribution in [0.4, 0.5) is 4.79 Å². The van der Waals surface area contributed by atoms with Crippen LogP contribution < -0.4 is 14.6 Å². The Balaban J connectivity index is 1.11. The second-order valence-corrected chi connectivity index (χ2v) is 15.0. The van der Waals surface area contributed by atoms with Crippen molar-refractivity contribution in [1.29, 1.82) is 0 Å². The first-order valence-electron chi connectivity index (χ1n) is 18.4. The fourth-order valence-corrected chi connectivity index (χ4v) is 7.36. The lowest BCUT2D eigenvalue weighted by atomic mass is 10.0. The standard InChI is InChI=1S/C37H61N3O5S/c1-2-3-4-5-6-7-8-9-10-11-12-13-14-15-16-19-27-38-37(41)44-32-35-26-25-34(45-35)31-39-46(42,43)30-21-29-40-28-20-23-33-22-17-18-24-36(33)40/h17-18,20,22-24,28,34-35,39H,2-16,19,21,25-27,29-32H2,1H3/p+1. The van der Waals surface area contributed by atoms with E-state index in [9.17, 15) is 13.2 Å². The van der Waals surface area contributed by atoms with E-state index in [1.807, 2.05) is 30.5 Å². The molecule has 1 fully saturated rings. The summed E-state index contributed by atoms with van der Waals surface area (Å²) >= 11 is 0.